The third kappa shape index (κ3) is 5.63. The minimum absolute atomic E-state index is 0. The smallest absolute Gasteiger partial charge is 0.157 e. The SMILES string of the molecule is CNC1(c2ccccc2Cl)CCCCC1=O.CNC1(c2ccccc2Cl)CCCCC1=O.Cl. The molecule has 0 aromatic heterocycles. The average Bonchev–Trinajstić information content (AvgIpc) is 2.82. The fourth-order valence-corrected chi connectivity index (χ4v) is 5.63. The van der Waals surface area contributed by atoms with Gasteiger partial charge < -0.3 is 10.6 Å². The van der Waals surface area contributed by atoms with Crippen LogP contribution in [-0.4, -0.2) is 25.7 Å². The molecule has 0 saturated heterocycles. The van der Waals surface area contributed by atoms with Crippen molar-refractivity contribution in [1.29, 1.82) is 0 Å². The summed E-state index contributed by atoms with van der Waals surface area (Å²) in [6.07, 6.45) is 7.09. The Kier molecular flexibility index (Phi) is 10.4. The van der Waals surface area contributed by atoms with Crippen LogP contribution in [0.4, 0.5) is 0 Å². The van der Waals surface area contributed by atoms with Crippen molar-refractivity contribution in [2.45, 2.75) is 62.4 Å². The van der Waals surface area contributed by atoms with E-state index in [1.54, 1.807) is 0 Å². The zero-order valence-electron chi connectivity index (χ0n) is 19.3. The van der Waals surface area contributed by atoms with Gasteiger partial charge in [-0.3, -0.25) is 9.59 Å². The molecule has 2 saturated carbocycles. The first-order valence-electron chi connectivity index (χ1n) is 11.4. The second-order valence-electron chi connectivity index (χ2n) is 8.53. The van der Waals surface area contributed by atoms with Crippen LogP contribution >= 0.6 is 35.6 Å². The molecule has 2 aliphatic carbocycles. The fraction of sp³-hybridized carbons (Fsp3) is 0.462. The number of halogens is 3. The van der Waals surface area contributed by atoms with E-state index in [-0.39, 0.29) is 24.0 Å². The second-order valence-corrected chi connectivity index (χ2v) is 9.35. The van der Waals surface area contributed by atoms with E-state index in [0.717, 1.165) is 49.7 Å². The van der Waals surface area contributed by atoms with E-state index < -0.39 is 11.1 Å². The molecule has 2 aromatic rings. The molecule has 2 aliphatic rings. The van der Waals surface area contributed by atoms with Crippen LogP contribution < -0.4 is 10.6 Å². The Hall–Kier alpha value is -1.43. The molecule has 0 bridgehead atoms. The average molecular weight is 512 g/mol. The molecular weight excluding hydrogens is 479 g/mol. The lowest BCUT2D eigenvalue weighted by Crippen LogP contribution is -2.49. The van der Waals surface area contributed by atoms with Crippen molar-refractivity contribution in [3.63, 3.8) is 0 Å². The lowest BCUT2D eigenvalue weighted by molar-refractivity contribution is -0.128. The molecule has 2 unspecified atom stereocenters. The number of likely N-dealkylation sites (N-methyl/N-ethyl adjacent to an activating group) is 2. The highest BCUT2D eigenvalue weighted by Gasteiger charge is 2.42. The maximum absolute atomic E-state index is 12.2. The summed E-state index contributed by atoms with van der Waals surface area (Å²) in [5.41, 5.74) is 0.723. The van der Waals surface area contributed by atoms with Crippen molar-refractivity contribution < 1.29 is 9.59 Å². The van der Waals surface area contributed by atoms with Gasteiger partial charge in [-0.05, 0) is 63.0 Å². The summed E-state index contributed by atoms with van der Waals surface area (Å²) in [5.74, 6) is 0.517. The number of carbonyl (C=O) groups excluding carboxylic acids is 2. The van der Waals surface area contributed by atoms with Gasteiger partial charge in [-0.15, -0.1) is 12.4 Å². The first kappa shape index (κ1) is 27.8. The van der Waals surface area contributed by atoms with Gasteiger partial charge in [-0.1, -0.05) is 72.4 Å². The predicted octanol–water partition coefficient (Wildman–Crippen LogP) is 6.22. The summed E-state index contributed by atoms with van der Waals surface area (Å²) in [5, 5.41) is 7.73. The van der Waals surface area contributed by atoms with Crippen LogP contribution in [0, 0.1) is 0 Å². The Labute approximate surface area is 213 Å². The van der Waals surface area contributed by atoms with Crippen molar-refractivity contribution in [1.82, 2.24) is 10.6 Å². The lowest BCUT2D eigenvalue weighted by Gasteiger charge is -2.36. The van der Waals surface area contributed by atoms with Crippen LogP contribution in [0.5, 0.6) is 0 Å². The summed E-state index contributed by atoms with van der Waals surface area (Å²) in [7, 11) is 3.68. The van der Waals surface area contributed by atoms with E-state index in [4.69, 9.17) is 23.2 Å². The highest BCUT2D eigenvalue weighted by Crippen LogP contribution is 2.38. The molecule has 2 N–H and O–H groups in total. The summed E-state index contributed by atoms with van der Waals surface area (Å²) < 4.78 is 0. The van der Waals surface area contributed by atoms with Gasteiger partial charge in [0.15, 0.2) is 11.6 Å². The maximum atomic E-state index is 12.2. The topological polar surface area (TPSA) is 58.2 Å². The molecule has 0 amide bonds. The molecule has 2 aromatic carbocycles. The fourth-order valence-electron chi connectivity index (χ4n) is 5.04. The number of hydrogen-bond acceptors (Lipinski definition) is 4. The lowest BCUT2D eigenvalue weighted by atomic mass is 9.75. The van der Waals surface area contributed by atoms with Gasteiger partial charge in [0.1, 0.15) is 11.1 Å². The molecule has 7 heteroatoms. The third-order valence-electron chi connectivity index (χ3n) is 6.88. The zero-order valence-corrected chi connectivity index (χ0v) is 21.6. The largest absolute Gasteiger partial charge is 0.304 e. The number of ketones is 2. The summed E-state index contributed by atoms with van der Waals surface area (Å²) in [6.45, 7) is 0. The molecule has 0 aliphatic heterocycles. The third-order valence-corrected chi connectivity index (χ3v) is 7.54. The van der Waals surface area contributed by atoms with Crippen molar-refractivity contribution >= 4 is 47.2 Å². The number of hydrogen-bond donors (Lipinski definition) is 2. The zero-order chi connectivity index (χ0) is 23.2. The van der Waals surface area contributed by atoms with E-state index in [2.05, 4.69) is 10.6 Å². The van der Waals surface area contributed by atoms with Gasteiger partial charge >= 0.3 is 0 Å². The van der Waals surface area contributed by atoms with E-state index in [1.165, 1.54) is 0 Å². The Morgan fingerprint density at radius 2 is 1.03 bits per heavy atom. The van der Waals surface area contributed by atoms with Crippen LogP contribution in [0.15, 0.2) is 48.5 Å². The quantitative estimate of drug-likeness (QED) is 0.512. The summed E-state index contributed by atoms with van der Waals surface area (Å²) >= 11 is 12.4. The highest BCUT2D eigenvalue weighted by molar-refractivity contribution is 6.32. The second kappa shape index (κ2) is 12.3. The Morgan fingerprint density at radius 1 is 0.667 bits per heavy atom. The minimum atomic E-state index is -0.559. The van der Waals surface area contributed by atoms with Crippen LogP contribution in [0.1, 0.15) is 62.5 Å². The summed E-state index contributed by atoms with van der Waals surface area (Å²) in [6, 6.07) is 15.2. The highest BCUT2D eigenvalue weighted by atomic mass is 35.5. The van der Waals surface area contributed by atoms with Crippen molar-refractivity contribution in [2.75, 3.05) is 14.1 Å². The van der Waals surface area contributed by atoms with E-state index in [9.17, 15) is 9.59 Å². The van der Waals surface area contributed by atoms with Crippen LogP contribution in [-0.2, 0) is 20.7 Å². The predicted molar refractivity (Wildman–Crippen MR) is 139 cm³/mol. The maximum Gasteiger partial charge on any atom is 0.157 e. The van der Waals surface area contributed by atoms with E-state index in [1.807, 2.05) is 62.6 Å². The van der Waals surface area contributed by atoms with Gasteiger partial charge in [0.05, 0.1) is 0 Å². The van der Waals surface area contributed by atoms with Crippen LogP contribution in [0.3, 0.4) is 0 Å². The molecule has 4 rings (SSSR count). The number of rotatable bonds is 4. The molecule has 4 nitrogen and oxygen atoms in total. The van der Waals surface area contributed by atoms with Gasteiger partial charge in [-0.25, -0.2) is 0 Å². The Balaban J connectivity index is 0.000000227. The normalized spacial score (nSPS) is 25.0. The number of benzene rings is 2. The molecular formula is C26H33Cl3N2O2. The minimum Gasteiger partial charge on any atom is -0.304 e. The Bertz CT molecular complexity index is 891. The van der Waals surface area contributed by atoms with Gasteiger partial charge in [0, 0.05) is 22.9 Å². The number of Topliss-reactive ketones (excluding diaryl/α,β-unsaturated/α-hetero) is 2. The van der Waals surface area contributed by atoms with Gasteiger partial charge in [0.25, 0.3) is 0 Å². The monoisotopic (exact) mass is 510 g/mol. The molecule has 0 radical (unpaired) electrons. The van der Waals surface area contributed by atoms with Crippen molar-refractivity contribution in [3.05, 3.63) is 69.7 Å². The Morgan fingerprint density at radius 3 is 1.33 bits per heavy atom. The van der Waals surface area contributed by atoms with Crippen LogP contribution in [0.25, 0.3) is 0 Å². The van der Waals surface area contributed by atoms with Gasteiger partial charge in [-0.2, -0.15) is 0 Å². The molecule has 33 heavy (non-hydrogen) atoms. The summed E-state index contributed by atoms with van der Waals surface area (Å²) in [4.78, 5) is 24.4. The molecule has 2 atom stereocenters. The molecule has 180 valence electrons. The van der Waals surface area contributed by atoms with Crippen molar-refractivity contribution in [3.8, 4) is 0 Å². The van der Waals surface area contributed by atoms with Crippen molar-refractivity contribution in [2.24, 2.45) is 0 Å². The first-order valence-corrected chi connectivity index (χ1v) is 12.1. The standard InChI is InChI=1S/2C13H16ClNO.ClH/c2*1-15-13(9-5-4-8-12(13)16)10-6-2-3-7-11(10)14;/h2*2-3,6-7,15H,4-5,8-9H2,1H3;1H. The number of carbonyl (C=O) groups is 2. The first-order chi connectivity index (χ1) is 15.4. The van der Waals surface area contributed by atoms with Crippen LogP contribution in [0.2, 0.25) is 10.0 Å². The van der Waals surface area contributed by atoms with E-state index in [0.29, 0.717) is 22.9 Å². The number of nitrogens with one attached hydrogen (secondary N) is 2. The molecule has 2 fully saturated rings. The molecule has 0 heterocycles. The molecule has 0 spiro atoms. The van der Waals surface area contributed by atoms with E-state index >= 15 is 0 Å². The van der Waals surface area contributed by atoms with Gasteiger partial charge in [0.2, 0.25) is 0 Å².